The summed E-state index contributed by atoms with van der Waals surface area (Å²) in [6, 6.07) is 19.4. The number of ketones is 1. The molecule has 4 aromatic rings. The number of thiazole rings is 1. The number of nitrogens with zero attached hydrogens (tertiary/aromatic N) is 2. The molecule has 7 heteroatoms. The van der Waals surface area contributed by atoms with Crippen LogP contribution in [0, 0.1) is 13.8 Å². The van der Waals surface area contributed by atoms with Crippen LogP contribution < -0.4 is 9.64 Å². The molecule has 2 heterocycles. The first kappa shape index (κ1) is 21.9. The molecule has 0 aliphatic carbocycles. The van der Waals surface area contributed by atoms with Gasteiger partial charge in [-0.15, -0.1) is 0 Å². The number of aryl methyl sites for hydroxylation is 2. The maximum atomic E-state index is 13.3. The van der Waals surface area contributed by atoms with Gasteiger partial charge in [0, 0.05) is 5.56 Å². The van der Waals surface area contributed by atoms with Crippen molar-refractivity contribution < 1.29 is 19.4 Å². The van der Waals surface area contributed by atoms with Crippen molar-refractivity contribution in [1.29, 1.82) is 0 Å². The zero-order valence-electron chi connectivity index (χ0n) is 18.9. The number of carbonyl (C=O) groups is 2. The lowest BCUT2D eigenvalue weighted by atomic mass is 9.95. The van der Waals surface area contributed by atoms with Crippen LogP contribution in [-0.2, 0) is 9.59 Å². The molecule has 1 aliphatic rings. The molecule has 0 bridgehead atoms. The molecule has 1 aliphatic heterocycles. The van der Waals surface area contributed by atoms with Crippen LogP contribution in [0.2, 0.25) is 0 Å². The molecule has 6 nitrogen and oxygen atoms in total. The third-order valence-corrected chi connectivity index (χ3v) is 6.98. The van der Waals surface area contributed by atoms with Crippen LogP contribution in [0.1, 0.15) is 28.3 Å². The highest BCUT2D eigenvalue weighted by Crippen LogP contribution is 2.44. The van der Waals surface area contributed by atoms with Crippen molar-refractivity contribution in [2.75, 3.05) is 12.0 Å². The van der Waals surface area contributed by atoms with Crippen LogP contribution >= 0.6 is 11.3 Å². The number of aliphatic hydroxyl groups excluding tert-OH is 1. The van der Waals surface area contributed by atoms with Gasteiger partial charge < -0.3 is 9.84 Å². The summed E-state index contributed by atoms with van der Waals surface area (Å²) in [4.78, 5) is 32.7. The quantitative estimate of drug-likeness (QED) is 0.240. The zero-order chi connectivity index (χ0) is 24.0. The fourth-order valence-electron chi connectivity index (χ4n) is 4.28. The number of carbonyl (C=O) groups excluding carboxylic acids is 2. The van der Waals surface area contributed by atoms with Gasteiger partial charge in [-0.1, -0.05) is 47.7 Å². The average Bonchev–Trinajstić information content (AvgIpc) is 3.37. The van der Waals surface area contributed by atoms with Crippen LogP contribution in [-0.4, -0.2) is 28.9 Å². The van der Waals surface area contributed by atoms with E-state index in [9.17, 15) is 14.7 Å². The summed E-state index contributed by atoms with van der Waals surface area (Å²) in [5.74, 6) is -1.01. The summed E-state index contributed by atoms with van der Waals surface area (Å²) in [7, 11) is 1.57. The largest absolute Gasteiger partial charge is 0.507 e. The Hall–Kier alpha value is -3.97. The maximum Gasteiger partial charge on any atom is 0.301 e. The third kappa shape index (κ3) is 3.54. The molecule has 34 heavy (non-hydrogen) atoms. The van der Waals surface area contributed by atoms with Crippen molar-refractivity contribution in [2.24, 2.45) is 0 Å². The number of Topliss-reactive ketones (excluding diaryl/α,β-unsaturated/α-hetero) is 1. The SMILES string of the molecule is COc1ccc(/C(O)=C2\C(=O)C(=O)N(c3nc4ccc(C)cc4s3)[C@@H]2c2ccccc2)cc1C. The Balaban J connectivity index is 1.71. The molecule has 0 spiro atoms. The Bertz CT molecular complexity index is 1470. The molecule has 1 aromatic heterocycles. The summed E-state index contributed by atoms with van der Waals surface area (Å²) in [6.07, 6.45) is 0. The third-order valence-electron chi connectivity index (χ3n) is 5.97. The van der Waals surface area contributed by atoms with Gasteiger partial charge >= 0.3 is 5.91 Å². The molecule has 1 N–H and O–H groups in total. The number of anilines is 1. The Morgan fingerprint density at radius 1 is 1.03 bits per heavy atom. The van der Waals surface area contributed by atoms with Crippen molar-refractivity contribution >= 4 is 44.1 Å². The molecule has 0 saturated carbocycles. The number of hydrogen-bond acceptors (Lipinski definition) is 6. The molecule has 3 aromatic carbocycles. The van der Waals surface area contributed by atoms with Crippen LogP contribution in [0.3, 0.4) is 0 Å². The average molecular weight is 471 g/mol. The summed E-state index contributed by atoms with van der Waals surface area (Å²) in [5.41, 5.74) is 3.83. The number of benzene rings is 3. The lowest BCUT2D eigenvalue weighted by molar-refractivity contribution is -0.132. The molecule has 1 amide bonds. The number of amides is 1. The predicted molar refractivity (Wildman–Crippen MR) is 133 cm³/mol. The minimum Gasteiger partial charge on any atom is -0.507 e. The minimum atomic E-state index is -0.801. The van der Waals surface area contributed by atoms with Crippen LogP contribution in [0.4, 0.5) is 5.13 Å². The minimum absolute atomic E-state index is 0.0382. The number of methoxy groups -OCH3 is 1. The Kier molecular flexibility index (Phi) is 5.42. The second-order valence-electron chi connectivity index (χ2n) is 8.23. The first-order valence-electron chi connectivity index (χ1n) is 10.8. The van der Waals surface area contributed by atoms with E-state index in [1.165, 1.54) is 16.2 Å². The number of aromatic nitrogens is 1. The maximum absolute atomic E-state index is 13.3. The van der Waals surface area contributed by atoms with Gasteiger partial charge in [-0.25, -0.2) is 4.98 Å². The molecule has 1 saturated heterocycles. The molecule has 5 rings (SSSR count). The topological polar surface area (TPSA) is 79.7 Å². The lowest BCUT2D eigenvalue weighted by Gasteiger charge is -2.23. The smallest absolute Gasteiger partial charge is 0.301 e. The first-order valence-corrected chi connectivity index (χ1v) is 11.6. The van der Waals surface area contributed by atoms with E-state index in [0.29, 0.717) is 22.0 Å². The van der Waals surface area contributed by atoms with E-state index >= 15 is 0 Å². The zero-order valence-corrected chi connectivity index (χ0v) is 19.7. The number of ether oxygens (including phenoxy) is 1. The van der Waals surface area contributed by atoms with Crippen molar-refractivity contribution in [2.45, 2.75) is 19.9 Å². The summed E-state index contributed by atoms with van der Waals surface area (Å²) < 4.78 is 6.24. The molecule has 0 radical (unpaired) electrons. The molecule has 1 atom stereocenters. The monoisotopic (exact) mass is 470 g/mol. The fraction of sp³-hybridized carbons (Fsp3) is 0.148. The number of hydrogen-bond donors (Lipinski definition) is 1. The van der Waals surface area contributed by atoms with Gasteiger partial charge in [-0.3, -0.25) is 14.5 Å². The fourth-order valence-corrected chi connectivity index (χ4v) is 5.37. The van der Waals surface area contributed by atoms with Crippen LogP contribution in [0.25, 0.3) is 16.0 Å². The number of rotatable bonds is 4. The Morgan fingerprint density at radius 2 is 1.79 bits per heavy atom. The predicted octanol–water partition coefficient (Wildman–Crippen LogP) is 5.55. The van der Waals surface area contributed by atoms with E-state index in [-0.39, 0.29) is 11.3 Å². The first-order chi connectivity index (χ1) is 16.4. The van der Waals surface area contributed by atoms with E-state index in [1.807, 2.05) is 62.4 Å². The van der Waals surface area contributed by atoms with Crippen LogP contribution in [0.5, 0.6) is 5.75 Å². The van der Waals surface area contributed by atoms with Gasteiger partial charge in [0.1, 0.15) is 11.5 Å². The highest BCUT2D eigenvalue weighted by Gasteiger charge is 2.48. The van der Waals surface area contributed by atoms with Crippen molar-refractivity contribution in [3.05, 3.63) is 94.6 Å². The van der Waals surface area contributed by atoms with E-state index in [4.69, 9.17) is 4.74 Å². The Morgan fingerprint density at radius 3 is 2.50 bits per heavy atom. The highest BCUT2D eigenvalue weighted by atomic mass is 32.1. The second kappa shape index (κ2) is 8.43. The normalized spacial score (nSPS) is 17.5. The number of fused-ring (bicyclic) bond motifs is 1. The standard InChI is InChI=1S/C27H22N2O4S/c1-15-9-11-19-21(13-15)34-27(28-19)29-23(17-7-5-4-6-8-17)22(25(31)26(29)32)24(30)18-10-12-20(33-3)16(2)14-18/h4-14,23,30H,1-3H3/b24-22+/t23-/m1/s1. The van der Waals surface area contributed by atoms with Gasteiger partial charge in [0.25, 0.3) is 5.78 Å². The lowest BCUT2D eigenvalue weighted by Crippen LogP contribution is -2.29. The van der Waals surface area contributed by atoms with Gasteiger partial charge in [0.2, 0.25) is 0 Å². The van der Waals surface area contributed by atoms with E-state index in [0.717, 1.165) is 21.3 Å². The Labute approximate surface area is 200 Å². The molecule has 1 fully saturated rings. The molecular formula is C27H22N2O4S. The highest BCUT2D eigenvalue weighted by molar-refractivity contribution is 7.22. The second-order valence-corrected chi connectivity index (χ2v) is 9.24. The molecule has 0 unspecified atom stereocenters. The summed E-state index contributed by atoms with van der Waals surface area (Å²) in [5, 5.41) is 11.7. The van der Waals surface area contributed by atoms with Gasteiger partial charge in [-0.2, -0.15) is 0 Å². The van der Waals surface area contributed by atoms with Gasteiger partial charge in [0.05, 0.1) is 28.9 Å². The van der Waals surface area contributed by atoms with E-state index < -0.39 is 17.7 Å². The van der Waals surface area contributed by atoms with Gasteiger partial charge in [0.15, 0.2) is 5.13 Å². The van der Waals surface area contributed by atoms with Crippen molar-refractivity contribution in [3.63, 3.8) is 0 Å². The molecular weight excluding hydrogens is 448 g/mol. The van der Waals surface area contributed by atoms with Crippen LogP contribution in [0.15, 0.2) is 72.3 Å². The van der Waals surface area contributed by atoms with Gasteiger partial charge in [-0.05, 0) is 60.9 Å². The summed E-state index contributed by atoms with van der Waals surface area (Å²) >= 11 is 1.35. The van der Waals surface area contributed by atoms with E-state index in [2.05, 4.69) is 4.98 Å². The van der Waals surface area contributed by atoms with Crippen molar-refractivity contribution in [1.82, 2.24) is 4.98 Å². The van der Waals surface area contributed by atoms with E-state index in [1.54, 1.807) is 25.3 Å². The summed E-state index contributed by atoms with van der Waals surface area (Å²) in [6.45, 7) is 3.85. The van der Waals surface area contributed by atoms with Crippen molar-refractivity contribution in [3.8, 4) is 5.75 Å². The number of aliphatic hydroxyl groups is 1. The molecule has 170 valence electrons.